The Morgan fingerprint density at radius 2 is 1.49 bits per heavy atom. The molecule has 1 aliphatic heterocycles. The fraction of sp³-hybridized carbons (Fsp3) is 0.286. The van der Waals surface area contributed by atoms with Gasteiger partial charge in [0.15, 0.2) is 11.5 Å². The van der Waals surface area contributed by atoms with Crippen molar-refractivity contribution in [1.29, 1.82) is 0 Å². The van der Waals surface area contributed by atoms with Crippen molar-refractivity contribution in [2.24, 2.45) is 0 Å². The minimum atomic E-state index is -0.375. The van der Waals surface area contributed by atoms with Crippen LogP contribution < -0.4 is 14.2 Å². The normalized spacial score (nSPS) is 12.1. The van der Waals surface area contributed by atoms with Crippen LogP contribution in [0.4, 0.5) is 0 Å². The summed E-state index contributed by atoms with van der Waals surface area (Å²) in [6.45, 7) is 3.49. The van der Waals surface area contributed by atoms with Gasteiger partial charge in [0.05, 0.1) is 25.7 Å². The van der Waals surface area contributed by atoms with Gasteiger partial charge in [-0.05, 0) is 41.8 Å². The number of hydrogen-bond donors (Lipinski definition) is 0. The maximum atomic E-state index is 11.7. The predicted molar refractivity (Wildman–Crippen MR) is 129 cm³/mol. The summed E-state index contributed by atoms with van der Waals surface area (Å²) in [5.41, 5.74) is 4.34. The van der Waals surface area contributed by atoms with Gasteiger partial charge in [-0.2, -0.15) is 0 Å². The van der Waals surface area contributed by atoms with Gasteiger partial charge in [-0.1, -0.05) is 36.4 Å². The van der Waals surface area contributed by atoms with Crippen molar-refractivity contribution in [2.75, 3.05) is 26.9 Å². The van der Waals surface area contributed by atoms with Gasteiger partial charge in [0.25, 0.3) is 0 Å². The highest BCUT2D eigenvalue weighted by molar-refractivity contribution is 5.89. The Balaban J connectivity index is 1.50. The van der Waals surface area contributed by atoms with E-state index in [-0.39, 0.29) is 18.4 Å². The van der Waals surface area contributed by atoms with Crippen LogP contribution >= 0.6 is 0 Å². The second kappa shape index (κ2) is 11.4. The van der Waals surface area contributed by atoms with E-state index in [4.69, 9.17) is 23.7 Å². The Bertz CT molecular complexity index is 1170. The summed E-state index contributed by atoms with van der Waals surface area (Å²) in [5, 5.41) is 0. The van der Waals surface area contributed by atoms with Crippen LogP contribution in [0.1, 0.15) is 39.5 Å². The van der Waals surface area contributed by atoms with Crippen molar-refractivity contribution in [3.8, 4) is 17.2 Å². The summed E-state index contributed by atoms with van der Waals surface area (Å²) in [5.74, 6) is 1.44. The van der Waals surface area contributed by atoms with Crippen LogP contribution in [-0.2, 0) is 33.7 Å². The van der Waals surface area contributed by atoms with Crippen LogP contribution in [0.15, 0.2) is 60.7 Å². The molecule has 0 radical (unpaired) electrons. The molecular formula is C28H28O7. The molecule has 3 aromatic rings. The standard InChI is InChI=1S/C28H28O7/c1-3-32-27(29)15-20-6-4-19(5-7-20)14-23-16-25-26(34-13-12-33-25)17-24(23)35-18-21-8-10-22(11-9-21)28(30)31-2/h4-11,16-17H,3,12-15,18H2,1-2H3. The SMILES string of the molecule is CCOC(=O)Cc1ccc(Cc2cc3c(cc2OCc2ccc(C(=O)OC)cc2)OCCO3)cc1. The highest BCUT2D eigenvalue weighted by Gasteiger charge is 2.18. The molecule has 7 nitrogen and oxygen atoms in total. The summed E-state index contributed by atoms with van der Waals surface area (Å²) in [4.78, 5) is 23.4. The minimum Gasteiger partial charge on any atom is -0.488 e. The van der Waals surface area contributed by atoms with Crippen molar-refractivity contribution in [1.82, 2.24) is 0 Å². The van der Waals surface area contributed by atoms with E-state index in [1.54, 1.807) is 19.1 Å². The molecule has 4 rings (SSSR count). The molecule has 7 heteroatoms. The summed E-state index contributed by atoms with van der Waals surface area (Å²) < 4.78 is 27.5. The second-order valence-electron chi connectivity index (χ2n) is 8.06. The number of carbonyl (C=O) groups is 2. The third-order valence-corrected chi connectivity index (χ3v) is 5.57. The van der Waals surface area contributed by atoms with Gasteiger partial charge in [0.1, 0.15) is 25.6 Å². The van der Waals surface area contributed by atoms with E-state index in [9.17, 15) is 9.59 Å². The van der Waals surface area contributed by atoms with Crippen LogP contribution in [0.2, 0.25) is 0 Å². The van der Waals surface area contributed by atoms with Crippen molar-refractivity contribution in [3.05, 3.63) is 88.5 Å². The van der Waals surface area contributed by atoms with E-state index < -0.39 is 0 Å². The first kappa shape index (κ1) is 24.1. The van der Waals surface area contributed by atoms with E-state index in [2.05, 4.69) is 0 Å². The minimum absolute atomic E-state index is 0.234. The van der Waals surface area contributed by atoms with Gasteiger partial charge in [0, 0.05) is 18.1 Å². The lowest BCUT2D eigenvalue weighted by Crippen LogP contribution is -2.16. The molecule has 0 bridgehead atoms. The summed E-state index contributed by atoms with van der Waals surface area (Å²) in [6.07, 6.45) is 0.869. The molecule has 0 spiro atoms. The van der Waals surface area contributed by atoms with Crippen LogP contribution in [0, 0.1) is 0 Å². The third kappa shape index (κ3) is 6.32. The zero-order valence-corrected chi connectivity index (χ0v) is 19.9. The maximum Gasteiger partial charge on any atom is 0.337 e. The molecule has 1 aliphatic rings. The number of esters is 2. The molecule has 35 heavy (non-hydrogen) atoms. The van der Waals surface area contributed by atoms with E-state index in [1.807, 2.05) is 48.5 Å². The Morgan fingerprint density at radius 3 is 2.14 bits per heavy atom. The van der Waals surface area contributed by atoms with Crippen molar-refractivity contribution >= 4 is 11.9 Å². The molecule has 0 atom stereocenters. The first-order chi connectivity index (χ1) is 17.1. The maximum absolute atomic E-state index is 11.7. The van der Waals surface area contributed by atoms with Crippen molar-refractivity contribution in [3.63, 3.8) is 0 Å². The molecule has 0 amide bonds. The number of benzene rings is 3. The quantitative estimate of drug-likeness (QED) is 0.420. The molecule has 0 N–H and O–H groups in total. The molecule has 0 fully saturated rings. The Morgan fingerprint density at radius 1 is 0.857 bits per heavy atom. The number of carbonyl (C=O) groups excluding carboxylic acids is 2. The van der Waals surface area contributed by atoms with Crippen LogP contribution in [0.25, 0.3) is 0 Å². The summed E-state index contributed by atoms with van der Waals surface area (Å²) in [7, 11) is 1.36. The first-order valence-electron chi connectivity index (χ1n) is 11.5. The third-order valence-electron chi connectivity index (χ3n) is 5.57. The molecule has 182 valence electrons. The molecular weight excluding hydrogens is 448 g/mol. The second-order valence-corrected chi connectivity index (χ2v) is 8.06. The van der Waals surface area contributed by atoms with Gasteiger partial charge < -0.3 is 23.7 Å². The lowest BCUT2D eigenvalue weighted by atomic mass is 10.0. The number of rotatable bonds is 9. The molecule has 0 unspecified atom stereocenters. The van der Waals surface area contributed by atoms with Crippen LogP contribution in [0.5, 0.6) is 17.2 Å². The van der Waals surface area contributed by atoms with Gasteiger partial charge in [0.2, 0.25) is 0 Å². The monoisotopic (exact) mass is 476 g/mol. The lowest BCUT2D eigenvalue weighted by molar-refractivity contribution is -0.142. The number of ether oxygens (including phenoxy) is 5. The Labute approximate surface area is 204 Å². The van der Waals surface area contributed by atoms with Crippen LogP contribution in [-0.4, -0.2) is 38.9 Å². The van der Waals surface area contributed by atoms with Crippen molar-refractivity contribution in [2.45, 2.75) is 26.4 Å². The fourth-order valence-electron chi connectivity index (χ4n) is 3.77. The average Bonchev–Trinajstić information content (AvgIpc) is 2.88. The van der Waals surface area contributed by atoms with E-state index in [1.165, 1.54) is 7.11 Å². The van der Waals surface area contributed by atoms with Crippen LogP contribution in [0.3, 0.4) is 0 Å². The van der Waals surface area contributed by atoms with Crippen molar-refractivity contribution < 1.29 is 33.3 Å². The molecule has 0 saturated carbocycles. The topological polar surface area (TPSA) is 80.3 Å². The molecule has 3 aromatic carbocycles. The van der Waals surface area contributed by atoms with Gasteiger partial charge in [-0.15, -0.1) is 0 Å². The smallest absolute Gasteiger partial charge is 0.337 e. The van der Waals surface area contributed by atoms with E-state index in [0.29, 0.717) is 55.7 Å². The number of methoxy groups -OCH3 is 1. The largest absolute Gasteiger partial charge is 0.488 e. The number of fused-ring (bicyclic) bond motifs is 1. The Kier molecular flexibility index (Phi) is 7.88. The highest BCUT2D eigenvalue weighted by Crippen LogP contribution is 2.38. The molecule has 0 aliphatic carbocycles. The lowest BCUT2D eigenvalue weighted by Gasteiger charge is -2.21. The first-order valence-corrected chi connectivity index (χ1v) is 11.5. The summed E-state index contributed by atoms with van der Waals surface area (Å²) >= 11 is 0. The average molecular weight is 477 g/mol. The zero-order chi connectivity index (χ0) is 24.6. The van der Waals surface area contributed by atoms with Gasteiger partial charge >= 0.3 is 11.9 Å². The summed E-state index contributed by atoms with van der Waals surface area (Å²) in [6, 6.07) is 18.8. The zero-order valence-electron chi connectivity index (χ0n) is 19.9. The van der Waals surface area contributed by atoms with E-state index >= 15 is 0 Å². The predicted octanol–water partition coefficient (Wildman–Crippen LogP) is 4.52. The van der Waals surface area contributed by atoms with Gasteiger partial charge in [-0.25, -0.2) is 4.79 Å². The molecule has 1 heterocycles. The highest BCUT2D eigenvalue weighted by atomic mass is 16.6. The Hall–Kier alpha value is -4.00. The van der Waals surface area contributed by atoms with E-state index in [0.717, 1.165) is 22.3 Å². The number of hydrogen-bond acceptors (Lipinski definition) is 7. The fourth-order valence-corrected chi connectivity index (χ4v) is 3.77. The van der Waals surface area contributed by atoms with Gasteiger partial charge in [-0.3, -0.25) is 4.79 Å². The molecule has 0 saturated heterocycles. The molecule has 0 aromatic heterocycles.